The number of hydrogen-bond acceptors (Lipinski definition) is 6. The molecular weight excluding hydrogens is 462 g/mol. The molecule has 174 valence electrons. The molecule has 0 saturated carbocycles. The van der Waals surface area contributed by atoms with Crippen molar-refractivity contribution in [1.82, 2.24) is 15.1 Å². The van der Waals surface area contributed by atoms with Crippen LogP contribution in [0.4, 0.5) is 0 Å². The largest absolute Gasteiger partial charge is 0.497 e. The average molecular weight is 488 g/mol. The van der Waals surface area contributed by atoms with Gasteiger partial charge >= 0.3 is 0 Å². The van der Waals surface area contributed by atoms with Crippen molar-refractivity contribution in [3.63, 3.8) is 0 Å². The van der Waals surface area contributed by atoms with Crippen molar-refractivity contribution in [2.45, 2.75) is 0 Å². The molecule has 0 bridgehead atoms. The first-order valence-electron chi connectivity index (χ1n) is 10.8. The van der Waals surface area contributed by atoms with Gasteiger partial charge in [-0.1, -0.05) is 29.8 Å². The van der Waals surface area contributed by atoms with Crippen LogP contribution in [0.5, 0.6) is 11.5 Å². The zero-order chi connectivity index (χ0) is 23.2. The van der Waals surface area contributed by atoms with Gasteiger partial charge in [0.1, 0.15) is 23.0 Å². The number of fused-ring (bicyclic) bond motifs is 1. The van der Waals surface area contributed by atoms with E-state index in [-0.39, 0.29) is 18.4 Å². The lowest BCUT2D eigenvalue weighted by molar-refractivity contribution is -0.131. The fraction of sp³-hybridized carbons (Fsp3) is 0.333. The molecule has 9 heteroatoms. The minimum atomic E-state index is -0.316. The van der Waals surface area contributed by atoms with Gasteiger partial charge < -0.3 is 19.7 Å². The molecule has 0 aliphatic carbocycles. The Labute approximate surface area is 201 Å². The molecule has 1 aromatic heterocycles. The molecule has 1 aliphatic rings. The van der Waals surface area contributed by atoms with Crippen LogP contribution in [-0.2, 0) is 4.79 Å². The molecule has 2 aromatic carbocycles. The maximum atomic E-state index is 12.6. The molecule has 0 unspecified atom stereocenters. The van der Waals surface area contributed by atoms with E-state index in [9.17, 15) is 9.59 Å². The first kappa shape index (κ1) is 23.4. The smallest absolute Gasteiger partial charge is 0.263 e. The molecular formula is C24H26ClN3O4S. The highest BCUT2D eigenvalue weighted by atomic mass is 35.5. The lowest BCUT2D eigenvalue weighted by atomic mass is 10.2. The molecule has 7 nitrogen and oxygen atoms in total. The predicted octanol–water partition coefficient (Wildman–Crippen LogP) is 3.52. The molecule has 1 aliphatic heterocycles. The second-order valence-corrected chi connectivity index (χ2v) is 9.10. The highest BCUT2D eigenvalue weighted by Crippen LogP contribution is 2.34. The van der Waals surface area contributed by atoms with E-state index in [2.05, 4.69) is 10.2 Å². The standard InChI is InChI=1S/C24H26ClN3O4S/c1-31-17-6-8-18(9-7-17)32-15-14-27-10-12-28(13-11-27)21(29)16-26-24(30)23-22(25)19-4-2-3-5-20(19)33-23/h2-9H,10-16H2,1H3,(H,26,30). The highest BCUT2D eigenvalue weighted by molar-refractivity contribution is 7.21. The molecule has 33 heavy (non-hydrogen) atoms. The van der Waals surface area contributed by atoms with Crippen LogP contribution in [0.2, 0.25) is 5.02 Å². The second-order valence-electron chi connectivity index (χ2n) is 7.67. The zero-order valence-electron chi connectivity index (χ0n) is 18.4. The zero-order valence-corrected chi connectivity index (χ0v) is 20.0. The normalized spacial score (nSPS) is 14.3. The van der Waals surface area contributed by atoms with Gasteiger partial charge in [0.25, 0.3) is 5.91 Å². The van der Waals surface area contributed by atoms with Crippen LogP contribution in [0.25, 0.3) is 10.1 Å². The molecule has 2 amide bonds. The van der Waals surface area contributed by atoms with E-state index in [0.29, 0.717) is 29.6 Å². The molecule has 2 heterocycles. The van der Waals surface area contributed by atoms with Crippen molar-refractivity contribution in [3.05, 3.63) is 58.4 Å². The first-order valence-corrected chi connectivity index (χ1v) is 12.0. The van der Waals surface area contributed by atoms with E-state index < -0.39 is 0 Å². The molecule has 0 spiro atoms. The second kappa shape index (κ2) is 10.9. The number of benzene rings is 2. The maximum Gasteiger partial charge on any atom is 0.263 e. The van der Waals surface area contributed by atoms with Gasteiger partial charge in [0.2, 0.25) is 5.91 Å². The lowest BCUT2D eigenvalue weighted by Crippen LogP contribution is -2.51. The molecule has 0 radical (unpaired) electrons. The number of piperazine rings is 1. The van der Waals surface area contributed by atoms with Crippen molar-refractivity contribution in [1.29, 1.82) is 0 Å². The van der Waals surface area contributed by atoms with E-state index in [1.165, 1.54) is 11.3 Å². The van der Waals surface area contributed by atoms with Gasteiger partial charge in [0.15, 0.2) is 0 Å². The van der Waals surface area contributed by atoms with Crippen molar-refractivity contribution in [2.75, 3.05) is 53.0 Å². The Kier molecular flexibility index (Phi) is 7.69. The summed E-state index contributed by atoms with van der Waals surface area (Å²) in [6, 6.07) is 15.1. The van der Waals surface area contributed by atoms with Crippen LogP contribution in [-0.4, -0.2) is 74.6 Å². The molecule has 3 aromatic rings. The van der Waals surface area contributed by atoms with Gasteiger partial charge in [-0.25, -0.2) is 0 Å². The molecule has 1 fully saturated rings. The summed E-state index contributed by atoms with van der Waals surface area (Å²) < 4.78 is 11.9. The van der Waals surface area contributed by atoms with Gasteiger partial charge in [0.05, 0.1) is 18.7 Å². The number of nitrogens with one attached hydrogen (secondary N) is 1. The number of halogens is 1. The summed E-state index contributed by atoms with van der Waals surface area (Å²) in [4.78, 5) is 29.6. The fourth-order valence-electron chi connectivity index (χ4n) is 3.69. The summed E-state index contributed by atoms with van der Waals surface area (Å²) in [7, 11) is 1.63. The number of ether oxygens (including phenoxy) is 2. The first-order chi connectivity index (χ1) is 16.0. The summed E-state index contributed by atoms with van der Waals surface area (Å²) in [5.41, 5.74) is 0. The SMILES string of the molecule is COc1ccc(OCCN2CCN(C(=O)CNC(=O)c3sc4ccccc4c3Cl)CC2)cc1. The molecule has 1 saturated heterocycles. The summed E-state index contributed by atoms with van der Waals surface area (Å²) in [5, 5.41) is 4.01. The summed E-state index contributed by atoms with van der Waals surface area (Å²) >= 11 is 7.69. The van der Waals surface area contributed by atoms with Gasteiger partial charge in [-0.05, 0) is 30.3 Å². The average Bonchev–Trinajstić information content (AvgIpc) is 3.20. The van der Waals surface area contributed by atoms with Crippen molar-refractivity contribution >= 4 is 44.8 Å². The third-order valence-corrected chi connectivity index (χ3v) is 7.28. The number of methoxy groups -OCH3 is 1. The van der Waals surface area contributed by atoms with Gasteiger partial charge in [0, 0.05) is 42.8 Å². The number of rotatable bonds is 8. The van der Waals surface area contributed by atoms with Crippen LogP contribution >= 0.6 is 22.9 Å². The number of carbonyl (C=O) groups is 2. The van der Waals surface area contributed by atoms with Crippen molar-refractivity contribution in [3.8, 4) is 11.5 Å². The third-order valence-electron chi connectivity index (χ3n) is 5.60. The Balaban J connectivity index is 1.18. The quantitative estimate of drug-likeness (QED) is 0.526. The Hall–Kier alpha value is -2.81. The molecule has 4 rings (SSSR count). The van der Waals surface area contributed by atoms with Gasteiger partial charge in [-0.2, -0.15) is 0 Å². The summed E-state index contributed by atoms with van der Waals surface area (Å²) in [6.07, 6.45) is 0. The third kappa shape index (κ3) is 5.76. The Bertz CT molecular complexity index is 1110. The number of hydrogen-bond donors (Lipinski definition) is 1. The number of thiophene rings is 1. The van der Waals surface area contributed by atoms with Crippen LogP contribution in [0.15, 0.2) is 48.5 Å². The fourth-order valence-corrected chi connectivity index (χ4v) is 5.13. The number of amides is 2. The van der Waals surface area contributed by atoms with Crippen molar-refractivity contribution < 1.29 is 19.1 Å². The van der Waals surface area contributed by atoms with Crippen molar-refractivity contribution in [2.24, 2.45) is 0 Å². The molecule has 0 atom stereocenters. The maximum absolute atomic E-state index is 12.6. The lowest BCUT2D eigenvalue weighted by Gasteiger charge is -2.34. The summed E-state index contributed by atoms with van der Waals surface area (Å²) in [5.74, 6) is 1.20. The number of nitrogens with zero attached hydrogens (tertiary/aromatic N) is 2. The Morgan fingerprint density at radius 2 is 1.73 bits per heavy atom. The van der Waals surface area contributed by atoms with Crippen LogP contribution < -0.4 is 14.8 Å². The van der Waals surface area contributed by atoms with E-state index in [1.54, 1.807) is 12.0 Å². The van der Waals surface area contributed by atoms with E-state index in [1.807, 2.05) is 48.5 Å². The van der Waals surface area contributed by atoms with E-state index >= 15 is 0 Å². The summed E-state index contributed by atoms with van der Waals surface area (Å²) in [6.45, 7) is 4.12. The molecule has 1 N–H and O–H groups in total. The van der Waals surface area contributed by atoms with E-state index in [4.69, 9.17) is 21.1 Å². The highest BCUT2D eigenvalue weighted by Gasteiger charge is 2.22. The van der Waals surface area contributed by atoms with Gasteiger partial charge in [-0.15, -0.1) is 11.3 Å². The predicted molar refractivity (Wildman–Crippen MR) is 131 cm³/mol. The van der Waals surface area contributed by atoms with Crippen LogP contribution in [0.1, 0.15) is 9.67 Å². The van der Waals surface area contributed by atoms with E-state index in [0.717, 1.165) is 41.2 Å². The monoisotopic (exact) mass is 487 g/mol. The van der Waals surface area contributed by atoms with Gasteiger partial charge in [-0.3, -0.25) is 14.5 Å². The van der Waals surface area contributed by atoms with Crippen LogP contribution in [0, 0.1) is 0 Å². The topological polar surface area (TPSA) is 71.1 Å². The Morgan fingerprint density at radius 1 is 1.03 bits per heavy atom. The van der Waals surface area contributed by atoms with Crippen LogP contribution in [0.3, 0.4) is 0 Å². The number of carbonyl (C=O) groups excluding carboxylic acids is 2. The minimum Gasteiger partial charge on any atom is -0.497 e. The minimum absolute atomic E-state index is 0.0377. The Morgan fingerprint density at radius 3 is 2.42 bits per heavy atom.